The van der Waals surface area contributed by atoms with Gasteiger partial charge in [-0.15, -0.1) is 0 Å². The van der Waals surface area contributed by atoms with Gasteiger partial charge in [-0.3, -0.25) is 0 Å². The van der Waals surface area contributed by atoms with Crippen molar-refractivity contribution in [2.75, 3.05) is 0 Å². The van der Waals surface area contributed by atoms with E-state index in [0.29, 0.717) is 11.8 Å². The molecule has 1 fully saturated rings. The second-order valence-electron chi connectivity index (χ2n) is 4.13. The first kappa shape index (κ1) is 9.05. The van der Waals surface area contributed by atoms with Gasteiger partial charge in [-0.05, 0) is 24.7 Å². The molecular weight excluding hydrogens is 136 g/mol. The molecule has 0 radical (unpaired) electrons. The van der Waals surface area contributed by atoms with Gasteiger partial charge in [0.15, 0.2) is 0 Å². The van der Waals surface area contributed by atoms with Crippen molar-refractivity contribution in [3.8, 4) is 0 Å². The van der Waals surface area contributed by atoms with E-state index in [1.165, 1.54) is 32.1 Å². The highest BCUT2D eigenvalue weighted by molar-refractivity contribution is 4.74. The van der Waals surface area contributed by atoms with Crippen LogP contribution < -0.4 is 0 Å². The molecule has 0 bridgehead atoms. The van der Waals surface area contributed by atoms with Crippen LogP contribution in [0.2, 0.25) is 0 Å². The Morgan fingerprint density at radius 1 is 1.09 bits per heavy atom. The number of aliphatic hydroxyl groups is 1. The van der Waals surface area contributed by atoms with E-state index in [1.54, 1.807) is 0 Å². The fourth-order valence-corrected chi connectivity index (χ4v) is 2.02. The topological polar surface area (TPSA) is 20.2 Å². The maximum atomic E-state index is 9.75. The van der Waals surface area contributed by atoms with Crippen LogP contribution in [-0.4, -0.2) is 11.2 Å². The summed E-state index contributed by atoms with van der Waals surface area (Å²) in [6, 6.07) is 0. The lowest BCUT2D eigenvalue weighted by Crippen LogP contribution is -2.27. The fraction of sp³-hybridized carbons (Fsp3) is 1.00. The van der Waals surface area contributed by atoms with Gasteiger partial charge in [-0.2, -0.15) is 0 Å². The van der Waals surface area contributed by atoms with E-state index in [2.05, 4.69) is 13.8 Å². The molecule has 0 heterocycles. The van der Waals surface area contributed by atoms with Gasteiger partial charge in [-0.25, -0.2) is 0 Å². The second kappa shape index (κ2) is 4.10. The molecular formula is C10H20O. The number of rotatable bonds is 2. The van der Waals surface area contributed by atoms with E-state index in [9.17, 15) is 5.11 Å². The lowest BCUT2D eigenvalue weighted by molar-refractivity contribution is 0.0463. The summed E-state index contributed by atoms with van der Waals surface area (Å²) in [5.41, 5.74) is 0. The minimum atomic E-state index is -0.0460. The normalized spacial score (nSPS) is 24.0. The Kier molecular flexibility index (Phi) is 3.38. The molecule has 1 saturated carbocycles. The highest BCUT2D eigenvalue weighted by Gasteiger charge is 2.23. The molecule has 0 spiro atoms. The molecule has 1 atom stereocenters. The molecule has 11 heavy (non-hydrogen) atoms. The molecule has 0 saturated heterocycles. The standard InChI is InChI=1S/C10H20O/c1-8(2)10(11)9-6-4-3-5-7-9/h8-11H,3-7H2,1-2H3/t10-/m0/s1. The van der Waals surface area contributed by atoms with E-state index < -0.39 is 0 Å². The van der Waals surface area contributed by atoms with Gasteiger partial charge in [0, 0.05) is 0 Å². The molecule has 1 heteroatoms. The van der Waals surface area contributed by atoms with Crippen LogP contribution in [0, 0.1) is 11.8 Å². The van der Waals surface area contributed by atoms with Crippen molar-refractivity contribution >= 4 is 0 Å². The molecule has 0 aromatic carbocycles. The van der Waals surface area contributed by atoms with Crippen molar-refractivity contribution < 1.29 is 5.11 Å². The maximum Gasteiger partial charge on any atom is 0.0591 e. The van der Waals surface area contributed by atoms with Crippen molar-refractivity contribution in [1.29, 1.82) is 0 Å². The summed E-state index contributed by atoms with van der Waals surface area (Å²) in [6.07, 6.45) is 6.48. The van der Waals surface area contributed by atoms with Crippen LogP contribution >= 0.6 is 0 Å². The molecule has 1 N–H and O–H groups in total. The van der Waals surface area contributed by atoms with Crippen LogP contribution in [0.3, 0.4) is 0 Å². The fourth-order valence-electron chi connectivity index (χ4n) is 2.02. The second-order valence-corrected chi connectivity index (χ2v) is 4.13. The Labute approximate surface area is 69.8 Å². The smallest absolute Gasteiger partial charge is 0.0591 e. The third-order valence-corrected chi connectivity index (χ3v) is 2.82. The lowest BCUT2D eigenvalue weighted by atomic mass is 9.81. The Morgan fingerprint density at radius 2 is 1.64 bits per heavy atom. The molecule has 1 aliphatic rings. The van der Waals surface area contributed by atoms with Crippen LogP contribution in [-0.2, 0) is 0 Å². The zero-order valence-corrected chi connectivity index (χ0v) is 7.71. The third-order valence-electron chi connectivity index (χ3n) is 2.82. The van der Waals surface area contributed by atoms with Crippen molar-refractivity contribution in [3.63, 3.8) is 0 Å². The average molecular weight is 156 g/mol. The largest absolute Gasteiger partial charge is 0.393 e. The lowest BCUT2D eigenvalue weighted by Gasteiger charge is -2.28. The molecule has 1 rings (SSSR count). The maximum absolute atomic E-state index is 9.75. The Bertz CT molecular complexity index is 103. The summed E-state index contributed by atoms with van der Waals surface area (Å²) in [7, 11) is 0. The first-order chi connectivity index (χ1) is 5.22. The monoisotopic (exact) mass is 156 g/mol. The Balaban J connectivity index is 2.32. The molecule has 0 aliphatic heterocycles. The zero-order valence-electron chi connectivity index (χ0n) is 7.71. The highest BCUT2D eigenvalue weighted by atomic mass is 16.3. The van der Waals surface area contributed by atoms with Gasteiger partial charge in [0.25, 0.3) is 0 Å². The molecule has 66 valence electrons. The summed E-state index contributed by atoms with van der Waals surface area (Å²) >= 11 is 0. The Morgan fingerprint density at radius 3 is 2.09 bits per heavy atom. The number of hydrogen-bond donors (Lipinski definition) is 1. The summed E-state index contributed by atoms with van der Waals surface area (Å²) in [5.74, 6) is 1.04. The van der Waals surface area contributed by atoms with Crippen LogP contribution in [0.25, 0.3) is 0 Å². The van der Waals surface area contributed by atoms with Gasteiger partial charge in [0.1, 0.15) is 0 Å². The molecule has 0 aromatic rings. The van der Waals surface area contributed by atoms with Crippen molar-refractivity contribution in [2.45, 2.75) is 52.1 Å². The molecule has 1 aliphatic carbocycles. The van der Waals surface area contributed by atoms with Crippen molar-refractivity contribution in [3.05, 3.63) is 0 Å². The van der Waals surface area contributed by atoms with Gasteiger partial charge in [0.05, 0.1) is 6.10 Å². The summed E-state index contributed by atoms with van der Waals surface area (Å²) in [6.45, 7) is 4.22. The minimum absolute atomic E-state index is 0.0460. The van der Waals surface area contributed by atoms with Gasteiger partial charge in [0.2, 0.25) is 0 Å². The van der Waals surface area contributed by atoms with Crippen LogP contribution in [0.1, 0.15) is 46.0 Å². The van der Waals surface area contributed by atoms with Crippen LogP contribution in [0.15, 0.2) is 0 Å². The molecule has 0 aromatic heterocycles. The first-order valence-corrected chi connectivity index (χ1v) is 4.90. The quantitative estimate of drug-likeness (QED) is 0.651. The summed E-state index contributed by atoms with van der Waals surface area (Å²) in [4.78, 5) is 0. The highest BCUT2D eigenvalue weighted by Crippen LogP contribution is 2.29. The summed E-state index contributed by atoms with van der Waals surface area (Å²) < 4.78 is 0. The molecule has 0 amide bonds. The Hall–Kier alpha value is -0.0400. The van der Waals surface area contributed by atoms with Crippen molar-refractivity contribution in [2.24, 2.45) is 11.8 Å². The average Bonchev–Trinajstić information content (AvgIpc) is 2.05. The van der Waals surface area contributed by atoms with Crippen molar-refractivity contribution in [1.82, 2.24) is 0 Å². The van der Waals surface area contributed by atoms with Crippen LogP contribution in [0.5, 0.6) is 0 Å². The van der Waals surface area contributed by atoms with E-state index in [-0.39, 0.29) is 6.10 Å². The van der Waals surface area contributed by atoms with E-state index >= 15 is 0 Å². The third kappa shape index (κ3) is 2.48. The SMILES string of the molecule is CC(C)[C@H](O)C1CCCCC1. The first-order valence-electron chi connectivity index (χ1n) is 4.90. The van der Waals surface area contributed by atoms with Gasteiger partial charge < -0.3 is 5.11 Å². The zero-order chi connectivity index (χ0) is 8.27. The van der Waals surface area contributed by atoms with E-state index in [4.69, 9.17) is 0 Å². The predicted octanol–water partition coefficient (Wildman–Crippen LogP) is 2.58. The number of hydrogen-bond acceptors (Lipinski definition) is 1. The van der Waals surface area contributed by atoms with E-state index in [0.717, 1.165) is 0 Å². The molecule has 0 unspecified atom stereocenters. The van der Waals surface area contributed by atoms with Gasteiger partial charge >= 0.3 is 0 Å². The van der Waals surface area contributed by atoms with E-state index in [1.807, 2.05) is 0 Å². The predicted molar refractivity (Wildman–Crippen MR) is 47.4 cm³/mol. The summed E-state index contributed by atoms with van der Waals surface area (Å²) in [5, 5.41) is 9.75. The minimum Gasteiger partial charge on any atom is -0.393 e. The van der Waals surface area contributed by atoms with Gasteiger partial charge in [-0.1, -0.05) is 33.1 Å². The van der Waals surface area contributed by atoms with Crippen LogP contribution in [0.4, 0.5) is 0 Å². The molecule has 1 nitrogen and oxygen atoms in total. The number of aliphatic hydroxyl groups excluding tert-OH is 1.